The quantitative estimate of drug-likeness (QED) is 0.235. The zero-order valence-corrected chi connectivity index (χ0v) is 13.6. The molecule has 114 valence electrons. The van der Waals surface area contributed by atoms with Crippen LogP contribution in [0.4, 0.5) is 0 Å². The molecule has 0 spiro atoms. The normalized spacial score (nSPS) is 11.5. The molecule has 19 heavy (non-hydrogen) atoms. The maximum Gasteiger partial charge on any atom is 0.0385 e. The molecular formula is C18H37N. The summed E-state index contributed by atoms with van der Waals surface area (Å²) in [5, 5.41) is 0. The molecule has 1 nitrogen and oxygen atoms in total. The van der Waals surface area contributed by atoms with Crippen LogP contribution in [0.1, 0.15) is 104 Å². The highest BCUT2D eigenvalue weighted by molar-refractivity contribution is 5.56. The smallest absolute Gasteiger partial charge is 0.0385 e. The third-order valence-corrected chi connectivity index (χ3v) is 3.71. The highest BCUT2D eigenvalue weighted by Gasteiger charge is 1.90. The molecule has 0 rings (SSSR count). The Kier molecular flexibility index (Phi) is 17.4. The van der Waals surface area contributed by atoms with Gasteiger partial charge in [0.15, 0.2) is 0 Å². The van der Waals surface area contributed by atoms with E-state index in [-0.39, 0.29) is 0 Å². The van der Waals surface area contributed by atoms with Gasteiger partial charge in [-0.1, -0.05) is 84.5 Å². The van der Waals surface area contributed by atoms with Gasteiger partial charge in [-0.3, -0.25) is 4.99 Å². The summed E-state index contributed by atoms with van der Waals surface area (Å²) in [6, 6.07) is 0. The van der Waals surface area contributed by atoms with Crippen molar-refractivity contribution in [3.8, 4) is 0 Å². The number of hydrogen-bond acceptors (Lipinski definition) is 1. The Morgan fingerprint density at radius 1 is 0.579 bits per heavy atom. The fraction of sp³-hybridized carbons (Fsp3) is 0.944. The molecule has 0 radical (unpaired) electrons. The van der Waals surface area contributed by atoms with Crippen molar-refractivity contribution in [3.05, 3.63) is 0 Å². The molecule has 0 saturated carbocycles. The lowest BCUT2D eigenvalue weighted by Gasteiger charge is -1.99. The van der Waals surface area contributed by atoms with Gasteiger partial charge < -0.3 is 0 Å². The predicted molar refractivity (Wildman–Crippen MR) is 89.3 cm³/mol. The van der Waals surface area contributed by atoms with Gasteiger partial charge in [0.25, 0.3) is 0 Å². The van der Waals surface area contributed by atoms with E-state index in [0.29, 0.717) is 0 Å². The molecule has 1 heteroatoms. The summed E-state index contributed by atoms with van der Waals surface area (Å²) in [5.74, 6) is 0. The van der Waals surface area contributed by atoms with E-state index in [1.807, 2.05) is 0 Å². The minimum absolute atomic E-state index is 1.06. The molecule has 0 saturated heterocycles. The molecule has 0 atom stereocenters. The van der Waals surface area contributed by atoms with Crippen LogP contribution in [0.15, 0.2) is 4.99 Å². The monoisotopic (exact) mass is 267 g/mol. The first-order valence-electron chi connectivity index (χ1n) is 8.90. The van der Waals surface area contributed by atoms with E-state index in [0.717, 1.165) is 6.54 Å². The lowest BCUT2D eigenvalue weighted by molar-refractivity contribution is 0.592. The average Bonchev–Trinajstić information content (AvgIpc) is 2.43. The van der Waals surface area contributed by atoms with E-state index in [9.17, 15) is 0 Å². The van der Waals surface area contributed by atoms with Crippen LogP contribution >= 0.6 is 0 Å². The number of unbranched alkanes of at least 4 members (excludes halogenated alkanes) is 12. The van der Waals surface area contributed by atoms with E-state index < -0.39 is 0 Å². The molecule has 0 aliphatic rings. The second kappa shape index (κ2) is 17.7. The molecular weight excluding hydrogens is 230 g/mol. The largest absolute Gasteiger partial charge is 0.298 e. The predicted octanol–water partition coefficient (Wildman–Crippen LogP) is 6.56. The lowest BCUT2D eigenvalue weighted by Crippen LogP contribution is -1.85. The van der Waals surface area contributed by atoms with E-state index in [1.54, 1.807) is 0 Å². The Labute approximate surface area is 122 Å². The Morgan fingerprint density at radius 3 is 1.63 bits per heavy atom. The zero-order valence-electron chi connectivity index (χ0n) is 13.6. The molecule has 0 N–H and O–H groups in total. The van der Waals surface area contributed by atoms with Crippen LogP contribution in [0, 0.1) is 0 Å². The van der Waals surface area contributed by atoms with Crippen molar-refractivity contribution in [2.45, 2.75) is 104 Å². The fourth-order valence-electron chi connectivity index (χ4n) is 2.36. The minimum atomic E-state index is 1.06. The van der Waals surface area contributed by atoms with Gasteiger partial charge in [0, 0.05) is 6.54 Å². The van der Waals surface area contributed by atoms with Gasteiger partial charge >= 0.3 is 0 Å². The van der Waals surface area contributed by atoms with Crippen molar-refractivity contribution < 1.29 is 0 Å². The maximum atomic E-state index is 4.51. The second-order valence-corrected chi connectivity index (χ2v) is 5.77. The van der Waals surface area contributed by atoms with Gasteiger partial charge in [-0.15, -0.1) is 0 Å². The lowest BCUT2D eigenvalue weighted by atomic mass is 10.1. The van der Waals surface area contributed by atoms with Crippen LogP contribution in [0.2, 0.25) is 0 Å². The minimum Gasteiger partial charge on any atom is -0.298 e. The van der Waals surface area contributed by atoms with Crippen LogP contribution in [0.25, 0.3) is 0 Å². The third kappa shape index (κ3) is 17.7. The van der Waals surface area contributed by atoms with Gasteiger partial charge in [0.2, 0.25) is 0 Å². The van der Waals surface area contributed by atoms with Gasteiger partial charge in [-0.05, 0) is 25.5 Å². The van der Waals surface area contributed by atoms with Crippen LogP contribution < -0.4 is 0 Å². The highest BCUT2D eigenvalue weighted by Crippen LogP contribution is 2.07. The topological polar surface area (TPSA) is 12.4 Å². The Hall–Kier alpha value is -0.330. The van der Waals surface area contributed by atoms with E-state index in [4.69, 9.17) is 0 Å². The van der Waals surface area contributed by atoms with E-state index in [2.05, 4.69) is 25.1 Å². The van der Waals surface area contributed by atoms with Crippen molar-refractivity contribution in [2.75, 3.05) is 6.54 Å². The Morgan fingerprint density at radius 2 is 1.05 bits per heavy atom. The molecule has 0 aromatic rings. The fourth-order valence-corrected chi connectivity index (χ4v) is 2.36. The number of rotatable bonds is 15. The number of hydrogen-bond donors (Lipinski definition) is 0. The molecule has 0 aliphatic heterocycles. The number of aliphatic imine (C=N–C) groups is 1. The SMILES string of the molecule is CCCCCCCCC=NCCCCCCCCC. The summed E-state index contributed by atoms with van der Waals surface area (Å²) < 4.78 is 0. The molecule has 0 amide bonds. The second-order valence-electron chi connectivity index (χ2n) is 5.77. The highest BCUT2D eigenvalue weighted by atomic mass is 14.7. The van der Waals surface area contributed by atoms with Crippen molar-refractivity contribution in [2.24, 2.45) is 4.99 Å². The molecule has 0 fully saturated rings. The van der Waals surface area contributed by atoms with Crippen LogP contribution in [0.5, 0.6) is 0 Å². The first kappa shape index (κ1) is 18.7. The molecule has 0 unspecified atom stereocenters. The van der Waals surface area contributed by atoms with Crippen molar-refractivity contribution in [3.63, 3.8) is 0 Å². The van der Waals surface area contributed by atoms with Crippen molar-refractivity contribution in [1.82, 2.24) is 0 Å². The molecule has 0 bridgehead atoms. The maximum absolute atomic E-state index is 4.51. The van der Waals surface area contributed by atoms with Crippen LogP contribution in [0.3, 0.4) is 0 Å². The molecule has 0 aromatic carbocycles. The summed E-state index contributed by atoms with van der Waals surface area (Å²) in [4.78, 5) is 4.51. The molecule has 0 heterocycles. The van der Waals surface area contributed by atoms with Crippen molar-refractivity contribution >= 4 is 6.21 Å². The van der Waals surface area contributed by atoms with E-state index >= 15 is 0 Å². The summed E-state index contributed by atoms with van der Waals surface area (Å²) >= 11 is 0. The third-order valence-electron chi connectivity index (χ3n) is 3.71. The first-order valence-corrected chi connectivity index (χ1v) is 8.90. The Bertz CT molecular complexity index is 175. The number of nitrogens with zero attached hydrogens (tertiary/aromatic N) is 1. The zero-order chi connectivity index (χ0) is 14.0. The van der Waals surface area contributed by atoms with Gasteiger partial charge in [-0.25, -0.2) is 0 Å². The summed E-state index contributed by atoms with van der Waals surface area (Å²) in [5.41, 5.74) is 0. The average molecular weight is 268 g/mol. The van der Waals surface area contributed by atoms with Crippen LogP contribution in [-0.4, -0.2) is 12.8 Å². The van der Waals surface area contributed by atoms with Gasteiger partial charge in [0.05, 0.1) is 0 Å². The first-order chi connectivity index (χ1) is 9.41. The Balaban J connectivity index is 3.01. The summed E-state index contributed by atoms with van der Waals surface area (Å²) in [6.45, 7) is 5.61. The van der Waals surface area contributed by atoms with Gasteiger partial charge in [-0.2, -0.15) is 0 Å². The standard InChI is InChI=1S/C18H37N/c1-3-5-7-9-11-13-15-17-19-18-16-14-12-10-8-6-4-2/h17H,3-16,18H2,1-2H3. The van der Waals surface area contributed by atoms with Crippen LogP contribution in [-0.2, 0) is 0 Å². The van der Waals surface area contributed by atoms with Crippen molar-refractivity contribution in [1.29, 1.82) is 0 Å². The molecule has 0 aliphatic carbocycles. The van der Waals surface area contributed by atoms with E-state index in [1.165, 1.54) is 89.9 Å². The summed E-state index contributed by atoms with van der Waals surface area (Å²) in [7, 11) is 0. The molecule has 0 aromatic heterocycles. The summed E-state index contributed by atoms with van der Waals surface area (Å²) in [6.07, 6.45) is 21.4. The van der Waals surface area contributed by atoms with Gasteiger partial charge in [0.1, 0.15) is 0 Å².